The van der Waals surface area contributed by atoms with Crippen LogP contribution in [0.3, 0.4) is 0 Å². The minimum Gasteiger partial charge on any atom is -0.507 e. The molecule has 0 saturated carbocycles. The number of aromatic hydroxyl groups is 1. The van der Waals surface area contributed by atoms with Gasteiger partial charge in [-0.2, -0.15) is 0 Å². The molecule has 84 valence electrons. The molecule has 4 heteroatoms. The fourth-order valence-electron chi connectivity index (χ4n) is 1.56. The molecule has 0 unspecified atom stereocenters. The number of rotatable bonds is 3. The van der Waals surface area contributed by atoms with Crippen LogP contribution in [-0.2, 0) is 0 Å². The summed E-state index contributed by atoms with van der Waals surface area (Å²) in [6.45, 7) is 3.89. The number of phenols is 1. The largest absolute Gasteiger partial charge is 0.507 e. The van der Waals surface area contributed by atoms with E-state index in [1.165, 1.54) is 0 Å². The summed E-state index contributed by atoms with van der Waals surface area (Å²) in [7, 11) is 0. The minimum atomic E-state index is -0.800. The van der Waals surface area contributed by atoms with Gasteiger partial charge in [0, 0.05) is 23.7 Å². The molecular weight excluding hydrogens is 200 g/mol. The molecule has 3 N–H and O–H groups in total. The molecular formula is C11H15F2NO. The number of halogens is 2. The number of hydrogen-bond acceptors (Lipinski definition) is 2. The maximum Gasteiger partial charge on any atom is 0.134 e. The highest BCUT2D eigenvalue weighted by Crippen LogP contribution is 2.30. The summed E-state index contributed by atoms with van der Waals surface area (Å²) in [6, 6.07) is 0.999. The van der Waals surface area contributed by atoms with Gasteiger partial charge >= 0.3 is 0 Å². The van der Waals surface area contributed by atoms with Crippen molar-refractivity contribution in [2.45, 2.75) is 26.3 Å². The Morgan fingerprint density at radius 1 is 1.33 bits per heavy atom. The van der Waals surface area contributed by atoms with Gasteiger partial charge in [0.2, 0.25) is 0 Å². The molecule has 0 spiro atoms. The van der Waals surface area contributed by atoms with Gasteiger partial charge in [0.1, 0.15) is 17.4 Å². The van der Waals surface area contributed by atoms with Crippen LogP contribution in [0.2, 0.25) is 0 Å². The van der Waals surface area contributed by atoms with E-state index in [-0.39, 0.29) is 11.5 Å². The Morgan fingerprint density at radius 2 is 1.93 bits per heavy atom. The Balaban J connectivity index is 3.03. The van der Waals surface area contributed by atoms with E-state index in [9.17, 15) is 13.9 Å². The molecule has 1 aromatic rings. The van der Waals surface area contributed by atoms with Gasteiger partial charge in [-0.1, -0.05) is 13.8 Å². The highest BCUT2D eigenvalue weighted by Gasteiger charge is 2.18. The van der Waals surface area contributed by atoms with E-state index in [1.807, 2.05) is 13.8 Å². The number of nitrogens with two attached hydrogens (primary N) is 1. The molecule has 0 radical (unpaired) electrons. The SMILES string of the molecule is CC(C)C[C@H](N)c1c(O)cc(F)cc1F. The van der Waals surface area contributed by atoms with Crippen molar-refractivity contribution in [3.8, 4) is 5.75 Å². The zero-order valence-electron chi connectivity index (χ0n) is 8.80. The lowest BCUT2D eigenvalue weighted by molar-refractivity contribution is 0.423. The molecule has 0 heterocycles. The van der Waals surface area contributed by atoms with Crippen molar-refractivity contribution < 1.29 is 13.9 Å². The second kappa shape index (κ2) is 4.57. The van der Waals surface area contributed by atoms with Crippen LogP contribution in [-0.4, -0.2) is 5.11 Å². The summed E-state index contributed by atoms with van der Waals surface area (Å²) in [5.74, 6) is -1.73. The Hall–Kier alpha value is -1.16. The Labute approximate surface area is 87.7 Å². The van der Waals surface area contributed by atoms with E-state index >= 15 is 0 Å². The predicted molar refractivity (Wildman–Crippen MR) is 54.4 cm³/mol. The van der Waals surface area contributed by atoms with Gasteiger partial charge in [0.05, 0.1) is 0 Å². The average molecular weight is 215 g/mol. The molecule has 0 amide bonds. The molecule has 0 aliphatic heterocycles. The van der Waals surface area contributed by atoms with Crippen molar-refractivity contribution in [1.82, 2.24) is 0 Å². The van der Waals surface area contributed by atoms with Crippen LogP contribution >= 0.6 is 0 Å². The third-order valence-electron chi connectivity index (χ3n) is 2.17. The van der Waals surface area contributed by atoms with Gasteiger partial charge in [-0.05, 0) is 12.3 Å². The van der Waals surface area contributed by atoms with Crippen molar-refractivity contribution in [3.63, 3.8) is 0 Å². The third-order valence-corrected chi connectivity index (χ3v) is 2.17. The lowest BCUT2D eigenvalue weighted by atomic mass is 9.96. The van der Waals surface area contributed by atoms with Gasteiger partial charge < -0.3 is 10.8 Å². The van der Waals surface area contributed by atoms with Crippen LogP contribution in [0.5, 0.6) is 5.75 Å². The smallest absolute Gasteiger partial charge is 0.134 e. The van der Waals surface area contributed by atoms with Gasteiger partial charge in [-0.25, -0.2) is 8.78 Å². The number of phenolic OH excluding ortho intramolecular Hbond substituents is 1. The first kappa shape index (κ1) is 11.9. The van der Waals surface area contributed by atoms with Crippen LogP contribution in [0, 0.1) is 17.6 Å². The van der Waals surface area contributed by atoms with Crippen LogP contribution in [0.4, 0.5) is 8.78 Å². The van der Waals surface area contributed by atoms with E-state index in [2.05, 4.69) is 0 Å². The van der Waals surface area contributed by atoms with E-state index in [0.29, 0.717) is 6.42 Å². The van der Waals surface area contributed by atoms with Gasteiger partial charge in [-0.15, -0.1) is 0 Å². The van der Waals surface area contributed by atoms with Gasteiger partial charge in [-0.3, -0.25) is 0 Å². The first-order valence-corrected chi connectivity index (χ1v) is 4.85. The molecule has 1 aromatic carbocycles. The van der Waals surface area contributed by atoms with Crippen LogP contribution in [0.25, 0.3) is 0 Å². The van der Waals surface area contributed by atoms with E-state index in [0.717, 1.165) is 12.1 Å². The zero-order valence-corrected chi connectivity index (χ0v) is 8.80. The lowest BCUT2D eigenvalue weighted by Crippen LogP contribution is -2.15. The first-order valence-electron chi connectivity index (χ1n) is 4.85. The van der Waals surface area contributed by atoms with E-state index in [1.54, 1.807) is 0 Å². The summed E-state index contributed by atoms with van der Waals surface area (Å²) in [5, 5.41) is 9.40. The Bertz CT molecular complexity index is 329. The van der Waals surface area contributed by atoms with Crippen molar-refractivity contribution in [2.24, 2.45) is 11.7 Å². The Morgan fingerprint density at radius 3 is 2.40 bits per heavy atom. The fourth-order valence-corrected chi connectivity index (χ4v) is 1.56. The summed E-state index contributed by atoms with van der Waals surface area (Å²) in [4.78, 5) is 0. The maximum absolute atomic E-state index is 13.3. The summed E-state index contributed by atoms with van der Waals surface area (Å²) in [5.41, 5.74) is 5.72. The maximum atomic E-state index is 13.3. The second-order valence-electron chi connectivity index (χ2n) is 4.06. The predicted octanol–water partition coefficient (Wildman–Crippen LogP) is 2.72. The topological polar surface area (TPSA) is 46.2 Å². The molecule has 0 aromatic heterocycles. The molecule has 0 fully saturated rings. The standard InChI is InChI=1S/C11H15F2NO/c1-6(2)3-9(14)11-8(13)4-7(12)5-10(11)15/h4-6,9,15H,3,14H2,1-2H3/t9-/m0/s1. The highest BCUT2D eigenvalue weighted by atomic mass is 19.1. The molecule has 0 aliphatic rings. The average Bonchev–Trinajstić information content (AvgIpc) is 1.99. The lowest BCUT2D eigenvalue weighted by Gasteiger charge is -2.16. The summed E-state index contributed by atoms with van der Waals surface area (Å²) < 4.78 is 26.0. The summed E-state index contributed by atoms with van der Waals surface area (Å²) in [6.07, 6.45) is 0.538. The quantitative estimate of drug-likeness (QED) is 0.814. The van der Waals surface area contributed by atoms with Gasteiger partial charge in [0.25, 0.3) is 0 Å². The molecule has 0 saturated heterocycles. The molecule has 1 rings (SSSR count). The number of hydrogen-bond donors (Lipinski definition) is 2. The normalized spacial score (nSPS) is 13.2. The van der Waals surface area contributed by atoms with Crippen LogP contribution in [0.15, 0.2) is 12.1 Å². The van der Waals surface area contributed by atoms with Crippen LogP contribution < -0.4 is 5.73 Å². The molecule has 15 heavy (non-hydrogen) atoms. The molecule has 0 bridgehead atoms. The molecule has 2 nitrogen and oxygen atoms in total. The second-order valence-corrected chi connectivity index (χ2v) is 4.06. The van der Waals surface area contributed by atoms with Crippen molar-refractivity contribution in [1.29, 1.82) is 0 Å². The minimum absolute atomic E-state index is 0.00917. The van der Waals surface area contributed by atoms with Crippen molar-refractivity contribution >= 4 is 0 Å². The molecule has 0 aliphatic carbocycles. The summed E-state index contributed by atoms with van der Waals surface area (Å²) >= 11 is 0. The zero-order chi connectivity index (χ0) is 11.6. The first-order chi connectivity index (χ1) is 6.91. The highest BCUT2D eigenvalue weighted by molar-refractivity contribution is 5.36. The monoisotopic (exact) mass is 215 g/mol. The van der Waals surface area contributed by atoms with Gasteiger partial charge in [0.15, 0.2) is 0 Å². The fraction of sp³-hybridized carbons (Fsp3) is 0.455. The number of benzene rings is 1. The van der Waals surface area contributed by atoms with Crippen molar-refractivity contribution in [2.75, 3.05) is 0 Å². The molecule has 1 atom stereocenters. The van der Waals surface area contributed by atoms with Crippen LogP contribution in [0.1, 0.15) is 31.9 Å². The third kappa shape index (κ3) is 2.89. The Kier molecular flexibility index (Phi) is 3.63. The van der Waals surface area contributed by atoms with E-state index < -0.39 is 23.4 Å². The van der Waals surface area contributed by atoms with Crippen molar-refractivity contribution in [3.05, 3.63) is 29.3 Å². The van der Waals surface area contributed by atoms with E-state index in [4.69, 9.17) is 5.73 Å².